The van der Waals surface area contributed by atoms with Crippen LogP contribution in [0.1, 0.15) is 31.7 Å². The molecule has 0 aliphatic rings. The summed E-state index contributed by atoms with van der Waals surface area (Å²) in [7, 11) is 0. The molecule has 3 heteroatoms. The molecule has 1 aromatic rings. The van der Waals surface area contributed by atoms with Crippen LogP contribution in [0.3, 0.4) is 0 Å². The van der Waals surface area contributed by atoms with E-state index in [2.05, 4.69) is 13.0 Å². The van der Waals surface area contributed by atoms with Crippen LogP contribution in [0.5, 0.6) is 0 Å². The molecule has 0 saturated carbocycles. The highest BCUT2D eigenvalue weighted by Crippen LogP contribution is 2.32. The van der Waals surface area contributed by atoms with E-state index < -0.39 is 0 Å². The number of halogens is 2. The van der Waals surface area contributed by atoms with Crippen molar-refractivity contribution >= 4 is 34.5 Å². The average molecular weight is 223 g/mol. The van der Waals surface area contributed by atoms with Crippen molar-refractivity contribution in [1.29, 1.82) is 0 Å². The molecule has 0 aliphatic heterocycles. The van der Waals surface area contributed by atoms with E-state index in [1.807, 2.05) is 12.3 Å². The van der Waals surface area contributed by atoms with Crippen molar-refractivity contribution in [2.45, 2.75) is 31.6 Å². The van der Waals surface area contributed by atoms with Gasteiger partial charge in [0.2, 0.25) is 0 Å². The molecule has 0 bridgehead atoms. The Balaban J connectivity index is 2.65. The van der Waals surface area contributed by atoms with Gasteiger partial charge in [0, 0.05) is 5.38 Å². The smallest absolute Gasteiger partial charge is 0.0963 e. The van der Waals surface area contributed by atoms with Crippen molar-refractivity contribution in [3.8, 4) is 0 Å². The van der Waals surface area contributed by atoms with E-state index in [0.717, 1.165) is 10.8 Å². The van der Waals surface area contributed by atoms with Crippen molar-refractivity contribution in [2.75, 3.05) is 0 Å². The van der Waals surface area contributed by atoms with Gasteiger partial charge in [-0.1, -0.05) is 18.5 Å². The molecule has 1 heterocycles. The molecule has 0 spiro atoms. The molecule has 0 aliphatic carbocycles. The second kappa shape index (κ2) is 4.50. The molecule has 12 heavy (non-hydrogen) atoms. The number of rotatable bonds is 3. The fourth-order valence-corrected chi connectivity index (χ4v) is 2.68. The molecule has 68 valence electrons. The van der Waals surface area contributed by atoms with Gasteiger partial charge in [-0.3, -0.25) is 0 Å². The maximum atomic E-state index is 5.99. The molecule has 1 rings (SSSR count). The molecule has 0 N–H and O–H groups in total. The summed E-state index contributed by atoms with van der Waals surface area (Å²) in [5, 5.41) is 2.24. The summed E-state index contributed by atoms with van der Waals surface area (Å²) in [4.78, 5) is 0. The highest BCUT2D eigenvalue weighted by atomic mass is 35.5. The summed E-state index contributed by atoms with van der Waals surface area (Å²) in [6, 6.07) is 2.08. The van der Waals surface area contributed by atoms with Gasteiger partial charge in [0.1, 0.15) is 0 Å². The normalized spacial score (nSPS) is 16.0. The van der Waals surface area contributed by atoms with Gasteiger partial charge in [-0.2, -0.15) is 0 Å². The van der Waals surface area contributed by atoms with Crippen LogP contribution in [0.4, 0.5) is 0 Å². The molecule has 1 aromatic heterocycles. The topological polar surface area (TPSA) is 0 Å². The van der Waals surface area contributed by atoms with Crippen molar-refractivity contribution in [3.63, 3.8) is 0 Å². The summed E-state index contributed by atoms with van der Waals surface area (Å²) >= 11 is 13.5. The average Bonchev–Trinajstić information content (AvgIpc) is 2.33. The zero-order valence-electron chi connectivity index (χ0n) is 7.18. The minimum atomic E-state index is 0.218. The largest absolute Gasteiger partial charge is 0.132 e. The fourth-order valence-electron chi connectivity index (χ4n) is 1.27. The molecule has 0 radical (unpaired) electrons. The zero-order chi connectivity index (χ0) is 9.14. The van der Waals surface area contributed by atoms with Crippen LogP contribution in [-0.2, 0) is 0 Å². The molecule has 0 nitrogen and oxygen atoms in total. The Hall–Kier alpha value is 0.280. The lowest BCUT2D eigenvalue weighted by atomic mass is 9.99. The van der Waals surface area contributed by atoms with Crippen molar-refractivity contribution in [1.82, 2.24) is 0 Å². The minimum absolute atomic E-state index is 0.218. The predicted molar refractivity (Wildman–Crippen MR) is 57.7 cm³/mol. The monoisotopic (exact) mass is 222 g/mol. The number of hydrogen-bond acceptors (Lipinski definition) is 1. The molecule has 0 aromatic carbocycles. The molecule has 2 unspecified atom stereocenters. The highest BCUT2D eigenvalue weighted by molar-refractivity contribution is 7.14. The van der Waals surface area contributed by atoms with E-state index in [1.54, 1.807) is 11.3 Å². The lowest BCUT2D eigenvalue weighted by Gasteiger charge is -2.11. The SMILES string of the molecule is CC(Cl)CC(C)c1ccsc1Cl. The predicted octanol–water partition coefficient (Wildman–Crippen LogP) is 4.52. The first-order valence-electron chi connectivity index (χ1n) is 3.98. The van der Waals surface area contributed by atoms with Gasteiger partial charge in [-0.15, -0.1) is 22.9 Å². The first-order valence-corrected chi connectivity index (χ1v) is 5.67. The quantitative estimate of drug-likeness (QED) is 0.660. The van der Waals surface area contributed by atoms with E-state index in [0.29, 0.717) is 5.92 Å². The second-order valence-electron chi connectivity index (χ2n) is 3.07. The van der Waals surface area contributed by atoms with Crippen LogP contribution in [-0.4, -0.2) is 5.38 Å². The number of hydrogen-bond donors (Lipinski definition) is 0. The first kappa shape index (κ1) is 10.4. The van der Waals surface area contributed by atoms with Crippen LogP contribution in [0.25, 0.3) is 0 Å². The van der Waals surface area contributed by atoms with Gasteiger partial charge in [-0.05, 0) is 36.3 Å². The van der Waals surface area contributed by atoms with Crippen LogP contribution in [0.2, 0.25) is 4.34 Å². The van der Waals surface area contributed by atoms with Crippen molar-refractivity contribution in [3.05, 3.63) is 21.3 Å². The Kier molecular flexibility index (Phi) is 3.88. The maximum absolute atomic E-state index is 5.99. The van der Waals surface area contributed by atoms with E-state index in [4.69, 9.17) is 23.2 Å². The lowest BCUT2D eigenvalue weighted by Crippen LogP contribution is -1.99. The fraction of sp³-hybridized carbons (Fsp3) is 0.556. The Morgan fingerprint density at radius 2 is 2.17 bits per heavy atom. The van der Waals surface area contributed by atoms with Gasteiger partial charge in [0.15, 0.2) is 0 Å². The van der Waals surface area contributed by atoms with Gasteiger partial charge in [0.05, 0.1) is 4.34 Å². The summed E-state index contributed by atoms with van der Waals surface area (Å²) in [5.74, 6) is 0.469. The van der Waals surface area contributed by atoms with Crippen molar-refractivity contribution in [2.24, 2.45) is 0 Å². The Labute approximate surface area is 87.5 Å². The molecular weight excluding hydrogens is 211 g/mol. The van der Waals surface area contributed by atoms with E-state index in [-0.39, 0.29) is 5.38 Å². The summed E-state index contributed by atoms with van der Waals surface area (Å²) < 4.78 is 0.903. The van der Waals surface area contributed by atoms with Gasteiger partial charge in [-0.25, -0.2) is 0 Å². The summed E-state index contributed by atoms with van der Waals surface area (Å²) in [5.41, 5.74) is 1.23. The van der Waals surface area contributed by atoms with Crippen molar-refractivity contribution < 1.29 is 0 Å². The first-order chi connectivity index (χ1) is 5.61. The van der Waals surface area contributed by atoms with E-state index in [9.17, 15) is 0 Å². The third-order valence-electron chi connectivity index (χ3n) is 1.86. The number of thiophene rings is 1. The van der Waals surface area contributed by atoms with Crippen LogP contribution >= 0.6 is 34.5 Å². The summed E-state index contributed by atoms with van der Waals surface area (Å²) in [6.07, 6.45) is 0.984. The Bertz CT molecular complexity index is 242. The minimum Gasteiger partial charge on any atom is -0.132 e. The molecule has 0 amide bonds. The van der Waals surface area contributed by atoms with E-state index >= 15 is 0 Å². The van der Waals surface area contributed by atoms with Crippen LogP contribution in [0, 0.1) is 0 Å². The highest BCUT2D eigenvalue weighted by Gasteiger charge is 2.12. The van der Waals surface area contributed by atoms with Crippen LogP contribution in [0.15, 0.2) is 11.4 Å². The second-order valence-corrected chi connectivity index (χ2v) is 5.33. The van der Waals surface area contributed by atoms with E-state index in [1.165, 1.54) is 5.56 Å². The molecule has 0 saturated heterocycles. The molecular formula is C9H12Cl2S. The van der Waals surface area contributed by atoms with Crippen LogP contribution < -0.4 is 0 Å². The van der Waals surface area contributed by atoms with Gasteiger partial charge < -0.3 is 0 Å². The lowest BCUT2D eigenvalue weighted by molar-refractivity contribution is 0.673. The third-order valence-corrected chi connectivity index (χ3v) is 3.23. The molecule has 2 atom stereocenters. The van der Waals surface area contributed by atoms with Gasteiger partial charge >= 0.3 is 0 Å². The zero-order valence-corrected chi connectivity index (χ0v) is 9.51. The standard InChI is InChI=1S/C9H12Cl2S/c1-6(5-7(2)10)8-3-4-12-9(8)11/h3-4,6-7H,5H2,1-2H3. The third kappa shape index (κ3) is 2.65. The molecule has 0 fully saturated rings. The Morgan fingerprint density at radius 3 is 2.58 bits per heavy atom. The van der Waals surface area contributed by atoms with Gasteiger partial charge in [0.25, 0.3) is 0 Å². The maximum Gasteiger partial charge on any atom is 0.0963 e. The number of alkyl halides is 1. The Morgan fingerprint density at radius 1 is 1.50 bits per heavy atom. The summed E-state index contributed by atoms with van der Waals surface area (Å²) in [6.45, 7) is 4.17.